The maximum atomic E-state index is 14.2. The van der Waals surface area contributed by atoms with E-state index in [-0.39, 0.29) is 24.8 Å². The van der Waals surface area contributed by atoms with Crippen LogP contribution in [-0.2, 0) is 14.4 Å². The van der Waals surface area contributed by atoms with Gasteiger partial charge in [0.05, 0.1) is 11.6 Å². The van der Waals surface area contributed by atoms with E-state index in [9.17, 15) is 24.3 Å². The molecule has 4 amide bonds. The molecule has 2 aromatic rings. The zero-order valence-electron chi connectivity index (χ0n) is 24.2. The number of hydrogen-bond acceptors (Lipinski definition) is 6. The molecule has 1 heterocycles. The van der Waals surface area contributed by atoms with Gasteiger partial charge in [-0.15, -0.1) is 0 Å². The number of fused-ring (bicyclic) bond motifs is 1. The Labute approximate surface area is 250 Å². The monoisotopic (exact) mass is 589 g/mol. The van der Waals surface area contributed by atoms with E-state index in [1.807, 2.05) is 30.3 Å². The van der Waals surface area contributed by atoms with E-state index in [1.165, 1.54) is 4.90 Å². The molecule has 1 aliphatic heterocycles. The number of nitrogens with zero attached hydrogens (tertiary/aromatic N) is 4. The van der Waals surface area contributed by atoms with Crippen molar-refractivity contribution in [2.24, 2.45) is 16.8 Å². The van der Waals surface area contributed by atoms with Crippen LogP contribution in [0.5, 0.6) is 0 Å². The standard InChI is InChI=1S/C31H39N7O5/c32-27(40)26(39)31(13-6-14-31)35-29(42)25-17-23(36-37-33)18-38(25)30(43)24(15-19-7-2-1-3-8-19)34-28(41)22-12-11-20-9-4-5-10-21(20)16-22/h4-5,9-12,16,19,23-26,39H,1-3,6-8,13-15,17-18H2,(H2,32,40)(H,34,41)(H,35,42)/t23-,24+,25-,26?/m0/s1. The third-order valence-corrected chi connectivity index (χ3v) is 9.40. The molecule has 5 rings (SSSR count). The van der Waals surface area contributed by atoms with Crippen LogP contribution >= 0.6 is 0 Å². The fourth-order valence-corrected chi connectivity index (χ4v) is 6.84. The van der Waals surface area contributed by atoms with Gasteiger partial charge in [0.25, 0.3) is 5.91 Å². The number of azide groups is 1. The lowest BCUT2D eigenvalue weighted by Gasteiger charge is -2.45. The van der Waals surface area contributed by atoms with Crippen molar-refractivity contribution < 1.29 is 24.3 Å². The second kappa shape index (κ2) is 13.0. The van der Waals surface area contributed by atoms with Gasteiger partial charge in [-0.25, -0.2) is 0 Å². The number of hydrogen-bond donors (Lipinski definition) is 4. The van der Waals surface area contributed by atoms with E-state index < -0.39 is 47.5 Å². The summed E-state index contributed by atoms with van der Waals surface area (Å²) < 4.78 is 0. The lowest BCUT2D eigenvalue weighted by atomic mass is 9.72. The van der Waals surface area contributed by atoms with Crippen molar-refractivity contribution in [1.29, 1.82) is 0 Å². The van der Waals surface area contributed by atoms with E-state index in [0.717, 1.165) is 42.9 Å². The molecule has 0 bridgehead atoms. The zero-order chi connectivity index (χ0) is 30.6. The number of nitrogens with two attached hydrogens (primary N) is 1. The van der Waals surface area contributed by atoms with Gasteiger partial charge >= 0.3 is 0 Å². The third-order valence-electron chi connectivity index (χ3n) is 9.40. The van der Waals surface area contributed by atoms with Crippen LogP contribution in [0.2, 0.25) is 0 Å². The summed E-state index contributed by atoms with van der Waals surface area (Å²) in [6.45, 7) is 0.0133. The van der Waals surface area contributed by atoms with Crippen LogP contribution < -0.4 is 16.4 Å². The Morgan fingerprint density at radius 2 is 1.79 bits per heavy atom. The molecule has 3 fully saturated rings. The molecule has 2 saturated carbocycles. The van der Waals surface area contributed by atoms with Crippen molar-refractivity contribution in [3.05, 3.63) is 58.5 Å². The molecule has 1 saturated heterocycles. The van der Waals surface area contributed by atoms with E-state index in [0.29, 0.717) is 31.2 Å². The number of amides is 4. The van der Waals surface area contributed by atoms with Gasteiger partial charge in [0.15, 0.2) is 6.10 Å². The Hall–Kier alpha value is -4.15. The SMILES string of the molecule is [N-]=[N+]=N[C@H]1C[C@@H](C(=O)NC2(C(O)C(N)=O)CCC2)N(C(=O)[C@@H](CC2CCCCC2)NC(=O)c2ccc3ccccc3c2)C1. The minimum absolute atomic E-state index is 0.0133. The van der Waals surface area contributed by atoms with Crippen LogP contribution in [0.1, 0.15) is 74.6 Å². The summed E-state index contributed by atoms with van der Waals surface area (Å²) in [5.41, 5.74) is 13.7. The molecule has 3 aliphatic rings. The van der Waals surface area contributed by atoms with Crippen LogP contribution in [-0.4, -0.2) is 69.9 Å². The molecule has 0 radical (unpaired) electrons. The molecule has 0 aromatic heterocycles. The molecule has 2 aromatic carbocycles. The highest BCUT2D eigenvalue weighted by atomic mass is 16.3. The first-order valence-electron chi connectivity index (χ1n) is 15.1. The Morgan fingerprint density at radius 3 is 2.44 bits per heavy atom. The van der Waals surface area contributed by atoms with Gasteiger partial charge in [0, 0.05) is 17.0 Å². The minimum atomic E-state index is -1.57. The molecule has 0 spiro atoms. The molecule has 43 heavy (non-hydrogen) atoms. The number of carbonyl (C=O) groups is 4. The van der Waals surface area contributed by atoms with Crippen molar-refractivity contribution in [3.8, 4) is 0 Å². The van der Waals surface area contributed by atoms with Gasteiger partial charge < -0.3 is 26.4 Å². The Morgan fingerprint density at radius 1 is 1.07 bits per heavy atom. The summed E-state index contributed by atoms with van der Waals surface area (Å²) in [5, 5.41) is 21.9. The summed E-state index contributed by atoms with van der Waals surface area (Å²) in [7, 11) is 0. The molecular formula is C31H39N7O5. The minimum Gasteiger partial charge on any atom is -0.381 e. The van der Waals surface area contributed by atoms with Crippen LogP contribution in [0.4, 0.5) is 0 Å². The van der Waals surface area contributed by atoms with E-state index >= 15 is 0 Å². The lowest BCUT2D eigenvalue weighted by Crippen LogP contribution is -2.67. The van der Waals surface area contributed by atoms with Crippen molar-refractivity contribution in [1.82, 2.24) is 15.5 Å². The largest absolute Gasteiger partial charge is 0.381 e. The number of nitrogens with one attached hydrogen (secondary N) is 2. The fourth-order valence-electron chi connectivity index (χ4n) is 6.84. The Balaban J connectivity index is 1.39. The topological polar surface area (TPSA) is 191 Å². The van der Waals surface area contributed by atoms with E-state index in [4.69, 9.17) is 11.3 Å². The fraction of sp³-hybridized carbons (Fsp3) is 0.548. The molecular weight excluding hydrogens is 550 g/mol. The van der Waals surface area contributed by atoms with Gasteiger partial charge in [-0.05, 0) is 66.5 Å². The highest BCUT2D eigenvalue weighted by molar-refractivity contribution is 6.01. The van der Waals surface area contributed by atoms with Crippen molar-refractivity contribution in [3.63, 3.8) is 0 Å². The summed E-state index contributed by atoms with van der Waals surface area (Å²) in [6.07, 6.45) is 5.55. The van der Waals surface area contributed by atoms with Crippen molar-refractivity contribution >= 4 is 34.4 Å². The molecule has 5 N–H and O–H groups in total. The van der Waals surface area contributed by atoms with E-state index in [2.05, 4.69) is 20.7 Å². The van der Waals surface area contributed by atoms with Gasteiger partial charge in [-0.3, -0.25) is 19.2 Å². The maximum Gasteiger partial charge on any atom is 0.251 e. The van der Waals surface area contributed by atoms with Crippen LogP contribution in [0.3, 0.4) is 0 Å². The smallest absolute Gasteiger partial charge is 0.251 e. The molecule has 12 heteroatoms. The van der Waals surface area contributed by atoms with Crippen LogP contribution in [0.15, 0.2) is 47.6 Å². The first kappa shape index (κ1) is 30.3. The normalized spacial score (nSPS) is 23.0. The van der Waals surface area contributed by atoms with Crippen molar-refractivity contribution in [2.75, 3.05) is 6.54 Å². The zero-order valence-corrected chi connectivity index (χ0v) is 24.2. The van der Waals surface area contributed by atoms with Crippen LogP contribution in [0.25, 0.3) is 21.2 Å². The number of likely N-dealkylation sites (tertiary alicyclic amines) is 1. The average Bonchev–Trinajstić information content (AvgIpc) is 3.42. The van der Waals surface area contributed by atoms with Crippen molar-refractivity contribution in [2.45, 2.75) is 94.0 Å². The number of benzene rings is 2. The second-order valence-electron chi connectivity index (χ2n) is 12.2. The summed E-state index contributed by atoms with van der Waals surface area (Å²) in [5.74, 6) is -2.05. The number of aliphatic hydroxyl groups is 1. The van der Waals surface area contributed by atoms with Gasteiger partial charge in [0.2, 0.25) is 17.7 Å². The first-order valence-corrected chi connectivity index (χ1v) is 15.1. The predicted octanol–water partition coefficient (Wildman–Crippen LogP) is 3.07. The van der Waals surface area contributed by atoms with Gasteiger partial charge in [-0.2, -0.15) is 0 Å². The molecule has 4 atom stereocenters. The number of rotatable bonds is 10. The Bertz CT molecular complexity index is 1430. The first-order chi connectivity index (χ1) is 20.7. The quantitative estimate of drug-likeness (QED) is 0.188. The maximum absolute atomic E-state index is 14.2. The molecule has 12 nitrogen and oxygen atoms in total. The highest BCUT2D eigenvalue weighted by Crippen LogP contribution is 2.36. The highest BCUT2D eigenvalue weighted by Gasteiger charge is 2.50. The van der Waals surface area contributed by atoms with Gasteiger partial charge in [0.1, 0.15) is 12.1 Å². The molecule has 1 unspecified atom stereocenters. The number of aliphatic hydroxyl groups excluding tert-OH is 1. The van der Waals surface area contributed by atoms with E-state index in [1.54, 1.807) is 12.1 Å². The predicted molar refractivity (Wildman–Crippen MR) is 159 cm³/mol. The molecule has 228 valence electrons. The molecule has 2 aliphatic carbocycles. The second-order valence-corrected chi connectivity index (χ2v) is 12.2. The summed E-state index contributed by atoms with van der Waals surface area (Å²) in [4.78, 5) is 57.4. The number of carbonyl (C=O) groups excluding carboxylic acids is 4. The Kier molecular flexibility index (Phi) is 9.17. The third kappa shape index (κ3) is 6.60. The average molecular weight is 590 g/mol. The van der Waals surface area contributed by atoms with Crippen LogP contribution in [0, 0.1) is 5.92 Å². The number of primary amides is 1. The lowest BCUT2D eigenvalue weighted by molar-refractivity contribution is -0.144. The summed E-state index contributed by atoms with van der Waals surface area (Å²) >= 11 is 0. The van der Waals surface area contributed by atoms with Gasteiger partial charge in [-0.1, -0.05) is 67.6 Å². The summed E-state index contributed by atoms with van der Waals surface area (Å²) in [6, 6.07) is 10.5.